The predicted octanol–water partition coefficient (Wildman–Crippen LogP) is 6.03. The van der Waals surface area contributed by atoms with Crippen LogP contribution in [0.1, 0.15) is 48.2 Å². The molecule has 0 aromatic carbocycles. The third-order valence-electron chi connectivity index (χ3n) is 6.15. The van der Waals surface area contributed by atoms with Crippen LogP contribution < -0.4 is 0 Å². The van der Waals surface area contributed by atoms with E-state index >= 15 is 0 Å². The van der Waals surface area contributed by atoms with E-state index < -0.39 is 11.6 Å². The highest BCUT2D eigenvalue weighted by Crippen LogP contribution is 2.35. The van der Waals surface area contributed by atoms with E-state index in [-0.39, 0.29) is 23.4 Å². The molecule has 10 heteroatoms. The maximum atomic E-state index is 14.6. The summed E-state index contributed by atoms with van der Waals surface area (Å²) in [5.41, 5.74) is 1.72. The number of hydrogen-bond donors (Lipinski definition) is 1. The molecule has 4 aromatic rings. The molecule has 170 valence electrons. The number of thiophene rings is 1. The van der Waals surface area contributed by atoms with Crippen LogP contribution in [-0.2, 0) is 6.42 Å². The van der Waals surface area contributed by atoms with Crippen molar-refractivity contribution in [2.75, 3.05) is 0 Å². The second kappa shape index (κ2) is 9.23. The number of ketones is 1. The van der Waals surface area contributed by atoms with E-state index in [1.165, 1.54) is 17.4 Å². The van der Waals surface area contributed by atoms with Crippen LogP contribution in [0, 0.1) is 23.5 Å². The maximum Gasteiger partial charge on any atom is 0.181 e. The van der Waals surface area contributed by atoms with Crippen molar-refractivity contribution in [3.63, 3.8) is 0 Å². The number of fused-ring (bicyclic) bond motifs is 1. The topological polar surface area (TPSA) is 84.4 Å². The zero-order valence-electron chi connectivity index (χ0n) is 17.5. The van der Waals surface area contributed by atoms with Crippen molar-refractivity contribution in [1.82, 2.24) is 25.1 Å². The number of carbonyl (C=O) groups excluding carboxylic acids is 1. The minimum Gasteiger partial charge on any atom is -0.294 e. The van der Waals surface area contributed by atoms with Gasteiger partial charge in [-0.1, -0.05) is 24.4 Å². The maximum absolute atomic E-state index is 14.6. The Bertz CT molecular complexity index is 1320. The van der Waals surface area contributed by atoms with E-state index in [1.807, 2.05) is 0 Å². The monoisotopic (exact) mass is 487 g/mol. The lowest BCUT2D eigenvalue weighted by molar-refractivity contribution is 0.0940. The molecule has 1 N–H and O–H groups in total. The van der Waals surface area contributed by atoms with Crippen LogP contribution in [0.15, 0.2) is 29.9 Å². The Morgan fingerprint density at radius 2 is 2.03 bits per heavy atom. The van der Waals surface area contributed by atoms with Gasteiger partial charge >= 0.3 is 0 Å². The van der Waals surface area contributed by atoms with E-state index in [9.17, 15) is 13.6 Å². The summed E-state index contributed by atoms with van der Waals surface area (Å²) in [4.78, 5) is 25.0. The molecule has 0 aliphatic heterocycles. The average Bonchev–Trinajstić information content (AvgIpc) is 3.42. The highest BCUT2D eigenvalue weighted by atomic mass is 35.5. The third kappa shape index (κ3) is 4.79. The number of H-pyrrole nitrogens is 1. The number of pyridine rings is 1. The second-order valence-electron chi connectivity index (χ2n) is 8.48. The quantitative estimate of drug-likeness (QED) is 0.336. The molecular weight excluding hydrogens is 468 g/mol. The summed E-state index contributed by atoms with van der Waals surface area (Å²) < 4.78 is 28.9. The molecule has 1 aliphatic rings. The summed E-state index contributed by atoms with van der Waals surface area (Å²) in [6, 6.07) is 3.02. The summed E-state index contributed by atoms with van der Waals surface area (Å²) >= 11 is 7.31. The Balaban J connectivity index is 1.31. The van der Waals surface area contributed by atoms with Gasteiger partial charge in [0.25, 0.3) is 0 Å². The fourth-order valence-electron chi connectivity index (χ4n) is 4.59. The lowest BCUT2D eigenvalue weighted by Crippen LogP contribution is -2.21. The number of rotatable bonds is 6. The van der Waals surface area contributed by atoms with Gasteiger partial charge in [-0.15, -0.1) is 11.3 Å². The van der Waals surface area contributed by atoms with E-state index in [1.54, 1.807) is 11.4 Å². The molecular formula is C23H20ClF2N5OS. The average molecular weight is 488 g/mol. The van der Waals surface area contributed by atoms with Crippen LogP contribution in [-0.4, -0.2) is 30.9 Å². The predicted molar refractivity (Wildman–Crippen MR) is 122 cm³/mol. The minimum absolute atomic E-state index is 0.103. The van der Waals surface area contributed by atoms with Crippen LogP contribution in [0.4, 0.5) is 8.78 Å². The van der Waals surface area contributed by atoms with Gasteiger partial charge in [0.2, 0.25) is 0 Å². The first-order valence-electron chi connectivity index (χ1n) is 10.7. The molecule has 1 aliphatic carbocycles. The summed E-state index contributed by atoms with van der Waals surface area (Å²) in [7, 11) is 0. The van der Waals surface area contributed by atoms with Gasteiger partial charge in [0.15, 0.2) is 23.1 Å². The minimum atomic E-state index is -0.500. The number of nitrogens with zero attached hydrogens (tertiary/aromatic N) is 4. The van der Waals surface area contributed by atoms with Gasteiger partial charge in [-0.05, 0) is 43.2 Å². The van der Waals surface area contributed by atoms with Crippen molar-refractivity contribution >= 4 is 39.8 Å². The summed E-state index contributed by atoms with van der Waals surface area (Å²) in [6.45, 7) is 0. The molecule has 1 saturated carbocycles. The fourth-order valence-corrected chi connectivity index (χ4v) is 5.48. The van der Waals surface area contributed by atoms with E-state index in [0.29, 0.717) is 45.2 Å². The number of carbonyl (C=O) groups is 1. The Hall–Kier alpha value is -2.78. The Morgan fingerprint density at radius 1 is 1.18 bits per heavy atom. The van der Waals surface area contributed by atoms with Crippen LogP contribution >= 0.6 is 22.9 Å². The van der Waals surface area contributed by atoms with Crippen molar-refractivity contribution in [2.24, 2.45) is 11.8 Å². The number of nitrogens with one attached hydrogen (secondary N) is 1. The molecule has 0 radical (unpaired) electrons. The Kier molecular flexibility index (Phi) is 6.16. The first-order valence-corrected chi connectivity index (χ1v) is 12.0. The smallest absolute Gasteiger partial charge is 0.181 e. The number of hydrogen-bond acceptors (Lipinski definition) is 6. The molecule has 0 amide bonds. The molecule has 0 spiro atoms. The zero-order chi connectivity index (χ0) is 22.9. The summed E-state index contributed by atoms with van der Waals surface area (Å²) in [6.07, 6.45) is 6.91. The van der Waals surface area contributed by atoms with E-state index in [4.69, 9.17) is 11.6 Å². The number of Topliss-reactive ketones (excluding diaryl/α,β-unsaturated/α-hetero) is 1. The largest absolute Gasteiger partial charge is 0.294 e. The van der Waals surface area contributed by atoms with Gasteiger partial charge in [-0.3, -0.25) is 9.89 Å². The van der Waals surface area contributed by atoms with Crippen molar-refractivity contribution in [3.05, 3.63) is 57.1 Å². The second-order valence-corrected chi connectivity index (χ2v) is 10.0. The molecule has 0 bridgehead atoms. The van der Waals surface area contributed by atoms with Crippen LogP contribution in [0.25, 0.3) is 22.6 Å². The van der Waals surface area contributed by atoms with Crippen LogP contribution in [0.5, 0.6) is 0 Å². The number of halogens is 3. The molecule has 5 rings (SSSR count). The van der Waals surface area contributed by atoms with E-state index in [2.05, 4.69) is 25.1 Å². The van der Waals surface area contributed by atoms with Crippen molar-refractivity contribution in [3.8, 4) is 11.5 Å². The highest BCUT2D eigenvalue weighted by Gasteiger charge is 2.26. The molecule has 6 nitrogen and oxygen atoms in total. The molecule has 4 heterocycles. The van der Waals surface area contributed by atoms with Gasteiger partial charge in [0.05, 0.1) is 27.8 Å². The lowest BCUT2D eigenvalue weighted by Gasteiger charge is -2.28. The molecule has 0 saturated heterocycles. The SMILES string of the molecule is O=C(C[C@@H]1CCC[C@H](Cc2nc(-c3[nH]nc4ncc(F)cc34)ncc2F)C1)c1csc(Cl)c1. The highest BCUT2D eigenvalue weighted by molar-refractivity contribution is 7.14. The summed E-state index contributed by atoms with van der Waals surface area (Å²) in [5, 5.41) is 9.07. The van der Waals surface area contributed by atoms with Crippen molar-refractivity contribution < 1.29 is 13.6 Å². The number of aromatic nitrogens is 5. The van der Waals surface area contributed by atoms with Crippen LogP contribution in [0.3, 0.4) is 0 Å². The Morgan fingerprint density at radius 3 is 2.85 bits per heavy atom. The molecule has 33 heavy (non-hydrogen) atoms. The molecule has 2 atom stereocenters. The van der Waals surface area contributed by atoms with Crippen molar-refractivity contribution in [2.45, 2.75) is 38.5 Å². The molecule has 1 fully saturated rings. The van der Waals surface area contributed by atoms with E-state index in [0.717, 1.165) is 38.1 Å². The third-order valence-corrected chi connectivity index (χ3v) is 7.24. The van der Waals surface area contributed by atoms with Gasteiger partial charge < -0.3 is 0 Å². The molecule has 0 unspecified atom stereocenters. The Labute approximate surface area is 197 Å². The van der Waals surface area contributed by atoms with Gasteiger partial charge in [-0.2, -0.15) is 5.10 Å². The van der Waals surface area contributed by atoms with Crippen LogP contribution in [0.2, 0.25) is 4.34 Å². The molecule has 4 aromatic heterocycles. The van der Waals surface area contributed by atoms with Gasteiger partial charge in [-0.25, -0.2) is 23.7 Å². The van der Waals surface area contributed by atoms with Gasteiger partial charge in [0, 0.05) is 17.4 Å². The zero-order valence-corrected chi connectivity index (χ0v) is 19.1. The standard InChI is InChI=1S/C23H20ClF2N5OS/c24-20-7-14(11-33-20)19(32)6-13-3-1-2-12(4-13)5-18-17(26)10-28-23(29-18)21-16-8-15(25)9-27-22(16)31-30-21/h7-13H,1-6H2,(H,27,30,31)/t12-,13+/m0/s1. The van der Waals surface area contributed by atoms with Crippen molar-refractivity contribution in [1.29, 1.82) is 0 Å². The first kappa shape index (κ1) is 22.0. The fraction of sp³-hybridized carbons (Fsp3) is 0.348. The lowest BCUT2D eigenvalue weighted by atomic mass is 9.77. The first-order chi connectivity index (χ1) is 16.0. The normalized spacial score (nSPS) is 18.6. The van der Waals surface area contributed by atoms with Gasteiger partial charge in [0.1, 0.15) is 11.5 Å². The number of aromatic amines is 1. The summed E-state index contributed by atoms with van der Waals surface area (Å²) in [5.74, 6) is -0.148.